The Balaban J connectivity index is 2.04. The van der Waals surface area contributed by atoms with Crippen LogP contribution in [-0.4, -0.2) is 36.5 Å². The summed E-state index contributed by atoms with van der Waals surface area (Å²) < 4.78 is 5.87. The van der Waals surface area contributed by atoms with Crippen LogP contribution in [0.4, 0.5) is 0 Å². The standard InChI is InChI=1S/C17H19Cl2N3O2/c1-22(2)10-12-7-13(18)8-14(19)16(12)24-6-5-11-3-4-15(17(20)23)21-9-11/h3-4,7-9H,5-6,10H2,1-2H3,(H2,20,23). The molecule has 2 N–H and O–H groups in total. The van der Waals surface area contributed by atoms with Gasteiger partial charge in [-0.2, -0.15) is 0 Å². The molecule has 0 saturated carbocycles. The van der Waals surface area contributed by atoms with Crippen molar-refractivity contribution in [3.8, 4) is 5.75 Å². The van der Waals surface area contributed by atoms with Gasteiger partial charge in [0.05, 0.1) is 11.6 Å². The monoisotopic (exact) mass is 367 g/mol. The number of halogens is 2. The fourth-order valence-corrected chi connectivity index (χ4v) is 2.81. The van der Waals surface area contributed by atoms with Crippen molar-refractivity contribution in [3.05, 3.63) is 57.3 Å². The van der Waals surface area contributed by atoms with Gasteiger partial charge in [0.1, 0.15) is 11.4 Å². The maximum Gasteiger partial charge on any atom is 0.267 e. The molecular weight excluding hydrogens is 349 g/mol. The Bertz CT molecular complexity index is 719. The van der Waals surface area contributed by atoms with Crippen molar-refractivity contribution in [1.29, 1.82) is 0 Å². The molecule has 24 heavy (non-hydrogen) atoms. The summed E-state index contributed by atoms with van der Waals surface area (Å²) in [6.45, 7) is 1.10. The Morgan fingerprint density at radius 3 is 2.62 bits per heavy atom. The minimum absolute atomic E-state index is 0.244. The van der Waals surface area contributed by atoms with Crippen LogP contribution < -0.4 is 10.5 Å². The van der Waals surface area contributed by atoms with Gasteiger partial charge in [-0.15, -0.1) is 0 Å². The van der Waals surface area contributed by atoms with E-state index < -0.39 is 5.91 Å². The fraction of sp³-hybridized carbons (Fsp3) is 0.294. The molecule has 0 aliphatic carbocycles. The molecule has 0 atom stereocenters. The maximum absolute atomic E-state index is 11.0. The van der Waals surface area contributed by atoms with Crippen molar-refractivity contribution in [1.82, 2.24) is 9.88 Å². The molecule has 0 aliphatic rings. The van der Waals surface area contributed by atoms with Gasteiger partial charge in [-0.25, -0.2) is 0 Å². The highest BCUT2D eigenvalue weighted by atomic mass is 35.5. The van der Waals surface area contributed by atoms with E-state index in [9.17, 15) is 4.79 Å². The number of benzene rings is 1. The van der Waals surface area contributed by atoms with Crippen LogP contribution in [-0.2, 0) is 13.0 Å². The minimum Gasteiger partial charge on any atom is -0.491 e. The average Bonchev–Trinajstić information content (AvgIpc) is 2.49. The van der Waals surface area contributed by atoms with Crippen LogP contribution in [0, 0.1) is 0 Å². The zero-order valence-corrected chi connectivity index (χ0v) is 15.1. The van der Waals surface area contributed by atoms with Gasteiger partial charge < -0.3 is 15.4 Å². The van der Waals surface area contributed by atoms with Gasteiger partial charge in [0.2, 0.25) is 0 Å². The quantitative estimate of drug-likeness (QED) is 0.815. The predicted molar refractivity (Wildman–Crippen MR) is 95.8 cm³/mol. The van der Waals surface area contributed by atoms with Crippen molar-refractivity contribution in [2.75, 3.05) is 20.7 Å². The zero-order valence-electron chi connectivity index (χ0n) is 13.6. The number of carbonyl (C=O) groups excluding carboxylic acids is 1. The first kappa shape index (κ1) is 18.5. The SMILES string of the molecule is CN(C)Cc1cc(Cl)cc(Cl)c1OCCc1ccc(C(N)=O)nc1. The fourth-order valence-electron chi connectivity index (χ4n) is 2.22. The molecule has 1 aromatic carbocycles. The van der Waals surface area contributed by atoms with Crippen LogP contribution in [0.25, 0.3) is 0 Å². The van der Waals surface area contributed by atoms with Crippen LogP contribution >= 0.6 is 23.2 Å². The molecule has 0 saturated heterocycles. The number of primary amides is 1. The third-order valence-corrected chi connectivity index (χ3v) is 3.79. The summed E-state index contributed by atoms with van der Waals surface area (Å²) in [5.74, 6) is 0.0931. The van der Waals surface area contributed by atoms with Gasteiger partial charge in [0.15, 0.2) is 0 Å². The molecule has 1 heterocycles. The lowest BCUT2D eigenvalue weighted by Gasteiger charge is -2.17. The Hall–Kier alpha value is -1.82. The van der Waals surface area contributed by atoms with Crippen LogP contribution in [0.3, 0.4) is 0 Å². The highest BCUT2D eigenvalue weighted by molar-refractivity contribution is 6.35. The summed E-state index contributed by atoms with van der Waals surface area (Å²) in [4.78, 5) is 17.0. The van der Waals surface area contributed by atoms with Crippen molar-refractivity contribution >= 4 is 29.1 Å². The van der Waals surface area contributed by atoms with Crippen molar-refractivity contribution in [2.45, 2.75) is 13.0 Å². The number of hydrogen-bond acceptors (Lipinski definition) is 4. The topological polar surface area (TPSA) is 68.5 Å². The number of amides is 1. The Morgan fingerprint density at radius 1 is 1.29 bits per heavy atom. The molecule has 0 fully saturated rings. The Labute approximate surface area is 151 Å². The van der Waals surface area contributed by atoms with E-state index in [1.807, 2.05) is 25.1 Å². The van der Waals surface area contributed by atoms with E-state index in [1.54, 1.807) is 24.4 Å². The highest BCUT2D eigenvalue weighted by Gasteiger charge is 2.12. The van der Waals surface area contributed by atoms with Gasteiger partial charge in [-0.05, 0) is 37.9 Å². The summed E-state index contributed by atoms with van der Waals surface area (Å²) in [5, 5.41) is 1.07. The smallest absolute Gasteiger partial charge is 0.267 e. The van der Waals surface area contributed by atoms with E-state index in [-0.39, 0.29) is 5.69 Å². The first-order valence-corrected chi connectivity index (χ1v) is 8.12. The van der Waals surface area contributed by atoms with Crippen molar-refractivity contribution in [2.24, 2.45) is 5.73 Å². The average molecular weight is 368 g/mol. The summed E-state index contributed by atoms with van der Waals surface area (Å²) in [7, 11) is 3.93. The lowest BCUT2D eigenvalue weighted by atomic mass is 10.2. The van der Waals surface area contributed by atoms with Crippen molar-refractivity contribution in [3.63, 3.8) is 0 Å². The zero-order chi connectivity index (χ0) is 17.7. The molecule has 128 valence electrons. The lowest BCUT2D eigenvalue weighted by molar-refractivity contribution is 0.0995. The molecule has 1 aromatic heterocycles. The molecule has 1 amide bonds. The molecule has 5 nitrogen and oxygen atoms in total. The predicted octanol–water partition coefficient (Wildman–Crippen LogP) is 3.17. The van der Waals surface area contributed by atoms with Crippen LogP contribution in [0.2, 0.25) is 10.0 Å². The van der Waals surface area contributed by atoms with Crippen LogP contribution in [0.1, 0.15) is 21.6 Å². The van der Waals surface area contributed by atoms with E-state index in [1.165, 1.54) is 0 Å². The third-order valence-electron chi connectivity index (χ3n) is 3.29. The Morgan fingerprint density at radius 2 is 2.04 bits per heavy atom. The van der Waals surface area contributed by atoms with Gasteiger partial charge in [-0.1, -0.05) is 29.3 Å². The second kappa shape index (κ2) is 8.33. The molecule has 2 aromatic rings. The van der Waals surface area contributed by atoms with Crippen molar-refractivity contribution < 1.29 is 9.53 Å². The molecule has 0 unspecified atom stereocenters. The molecule has 0 bridgehead atoms. The molecule has 0 aliphatic heterocycles. The normalized spacial score (nSPS) is 10.9. The van der Waals surface area contributed by atoms with E-state index in [2.05, 4.69) is 4.98 Å². The van der Waals surface area contributed by atoms with E-state index in [4.69, 9.17) is 33.7 Å². The second-order valence-corrected chi connectivity index (χ2v) is 6.47. The van der Waals surface area contributed by atoms with Gasteiger partial charge in [0, 0.05) is 29.7 Å². The number of aromatic nitrogens is 1. The second-order valence-electron chi connectivity index (χ2n) is 5.63. The molecule has 7 heteroatoms. The number of nitrogens with zero attached hydrogens (tertiary/aromatic N) is 2. The number of carbonyl (C=O) groups is 1. The molecule has 0 spiro atoms. The number of hydrogen-bond donors (Lipinski definition) is 1. The maximum atomic E-state index is 11.0. The first-order valence-electron chi connectivity index (χ1n) is 7.37. The van der Waals surface area contributed by atoms with Gasteiger partial charge in [0.25, 0.3) is 5.91 Å². The summed E-state index contributed by atoms with van der Waals surface area (Å²) in [5.41, 5.74) is 7.29. The van der Waals surface area contributed by atoms with Gasteiger partial charge >= 0.3 is 0 Å². The number of ether oxygens (including phenoxy) is 1. The van der Waals surface area contributed by atoms with E-state index in [0.717, 1.165) is 11.1 Å². The first-order chi connectivity index (χ1) is 11.4. The summed E-state index contributed by atoms with van der Waals surface area (Å²) >= 11 is 12.3. The minimum atomic E-state index is -0.543. The molecule has 0 radical (unpaired) electrons. The highest BCUT2D eigenvalue weighted by Crippen LogP contribution is 2.33. The number of pyridine rings is 1. The third kappa shape index (κ3) is 5.09. The largest absolute Gasteiger partial charge is 0.491 e. The summed E-state index contributed by atoms with van der Waals surface area (Å²) in [6, 6.07) is 6.93. The number of rotatable bonds is 7. The van der Waals surface area contributed by atoms with Crippen LogP contribution in [0.15, 0.2) is 30.5 Å². The van der Waals surface area contributed by atoms with Gasteiger partial charge in [-0.3, -0.25) is 9.78 Å². The lowest BCUT2D eigenvalue weighted by Crippen LogP contribution is -2.14. The number of nitrogens with two attached hydrogens (primary N) is 1. The Kier molecular flexibility index (Phi) is 6.43. The molecule has 2 rings (SSSR count). The summed E-state index contributed by atoms with van der Waals surface area (Å²) in [6.07, 6.45) is 2.25. The molecular formula is C17H19Cl2N3O2. The van der Waals surface area contributed by atoms with E-state index >= 15 is 0 Å². The van der Waals surface area contributed by atoms with Crippen LogP contribution in [0.5, 0.6) is 5.75 Å². The van der Waals surface area contributed by atoms with E-state index in [0.29, 0.717) is 35.4 Å².